The maximum absolute atomic E-state index is 12.7. The molecular formula is C23H16BrN3O6S. The first-order chi connectivity index (χ1) is 16.2. The van der Waals surface area contributed by atoms with Crippen molar-refractivity contribution in [1.82, 2.24) is 4.90 Å². The molecule has 2 heterocycles. The number of nitro groups is 1. The monoisotopic (exact) mass is 541 g/mol. The van der Waals surface area contributed by atoms with Crippen molar-refractivity contribution in [2.75, 3.05) is 11.9 Å². The molecule has 0 aliphatic carbocycles. The zero-order valence-corrected chi connectivity index (χ0v) is 20.0. The summed E-state index contributed by atoms with van der Waals surface area (Å²) in [4.78, 5) is 48.8. The Balaban J connectivity index is 1.46. The number of halogens is 1. The average Bonchev–Trinajstić information content (AvgIpc) is 3.35. The maximum Gasteiger partial charge on any atom is 0.294 e. The third kappa shape index (κ3) is 5.10. The molecule has 0 radical (unpaired) electrons. The topological polar surface area (TPSA) is 123 Å². The SMILES string of the molecule is Cc1ccc(NC(=O)CN2C(=O)SC(=Cc3ccc(-c4ccc([N+](=O)[O-])cc4Br)o3)C2=O)cc1. The van der Waals surface area contributed by atoms with Crippen molar-refractivity contribution in [1.29, 1.82) is 0 Å². The van der Waals surface area contributed by atoms with Crippen LogP contribution in [-0.2, 0) is 9.59 Å². The van der Waals surface area contributed by atoms with Crippen molar-refractivity contribution in [3.63, 3.8) is 0 Å². The van der Waals surface area contributed by atoms with Gasteiger partial charge in [-0.3, -0.25) is 29.4 Å². The van der Waals surface area contributed by atoms with Crippen molar-refractivity contribution in [2.45, 2.75) is 6.92 Å². The van der Waals surface area contributed by atoms with Crippen molar-refractivity contribution < 1.29 is 23.7 Å². The second kappa shape index (κ2) is 9.65. The number of carbonyl (C=O) groups excluding carboxylic acids is 3. The number of rotatable bonds is 6. The predicted octanol–water partition coefficient (Wildman–Crippen LogP) is 5.60. The Labute approximate surface area is 206 Å². The number of nitrogens with zero attached hydrogens (tertiary/aromatic N) is 2. The third-order valence-corrected chi connectivity index (χ3v) is 6.40. The number of hydrogen-bond donors (Lipinski definition) is 1. The lowest BCUT2D eigenvalue weighted by atomic mass is 10.1. The first-order valence-electron chi connectivity index (χ1n) is 9.87. The molecule has 3 amide bonds. The lowest BCUT2D eigenvalue weighted by Crippen LogP contribution is -2.36. The molecule has 1 N–H and O–H groups in total. The minimum Gasteiger partial charge on any atom is -0.457 e. The van der Waals surface area contributed by atoms with E-state index in [4.69, 9.17) is 4.42 Å². The number of hydrogen-bond acceptors (Lipinski definition) is 7. The van der Waals surface area contributed by atoms with Crippen LogP contribution in [0.5, 0.6) is 0 Å². The standard InChI is InChI=1S/C23H16BrN3O6S/c1-13-2-4-14(5-3-13)25-21(28)12-26-22(29)20(34-23(26)30)11-16-7-9-19(33-16)17-8-6-15(27(31)32)10-18(17)24/h2-11H,12H2,1H3,(H,25,28). The van der Waals surface area contributed by atoms with Crippen LogP contribution in [0.15, 0.2) is 68.4 Å². The Morgan fingerprint density at radius 3 is 2.59 bits per heavy atom. The van der Waals surface area contributed by atoms with Crippen LogP contribution in [0.25, 0.3) is 17.4 Å². The zero-order chi connectivity index (χ0) is 24.4. The maximum atomic E-state index is 12.7. The fraction of sp³-hybridized carbons (Fsp3) is 0.0870. The molecule has 0 atom stereocenters. The van der Waals surface area contributed by atoms with Gasteiger partial charge in [-0.2, -0.15) is 0 Å². The summed E-state index contributed by atoms with van der Waals surface area (Å²) >= 11 is 4.01. The molecule has 0 bridgehead atoms. The van der Waals surface area contributed by atoms with E-state index in [2.05, 4.69) is 21.2 Å². The number of amides is 3. The van der Waals surface area contributed by atoms with Crippen molar-refractivity contribution in [3.8, 4) is 11.3 Å². The smallest absolute Gasteiger partial charge is 0.294 e. The molecule has 1 aromatic heterocycles. The molecule has 0 saturated carbocycles. The van der Waals surface area contributed by atoms with E-state index >= 15 is 0 Å². The molecule has 3 aromatic rings. The van der Waals surface area contributed by atoms with Crippen molar-refractivity contribution in [2.24, 2.45) is 0 Å². The Morgan fingerprint density at radius 1 is 1.18 bits per heavy atom. The van der Waals surface area contributed by atoms with Gasteiger partial charge in [0.2, 0.25) is 5.91 Å². The van der Waals surface area contributed by atoms with E-state index < -0.39 is 28.5 Å². The highest BCUT2D eigenvalue weighted by atomic mass is 79.9. The van der Waals surface area contributed by atoms with Crippen molar-refractivity contribution >= 4 is 62.2 Å². The molecule has 34 heavy (non-hydrogen) atoms. The lowest BCUT2D eigenvalue weighted by molar-refractivity contribution is -0.384. The number of nitro benzene ring substituents is 1. The van der Waals surface area contributed by atoms with Gasteiger partial charge in [0, 0.05) is 33.9 Å². The molecule has 1 aliphatic heterocycles. The number of imide groups is 1. The largest absolute Gasteiger partial charge is 0.457 e. The van der Waals surface area contributed by atoms with E-state index in [9.17, 15) is 24.5 Å². The molecule has 1 saturated heterocycles. The van der Waals surface area contributed by atoms with E-state index in [0.717, 1.165) is 10.5 Å². The highest BCUT2D eigenvalue weighted by Crippen LogP contribution is 2.35. The lowest BCUT2D eigenvalue weighted by Gasteiger charge is -2.12. The van der Waals surface area contributed by atoms with Gasteiger partial charge in [-0.25, -0.2) is 0 Å². The first kappa shape index (κ1) is 23.5. The first-order valence-corrected chi connectivity index (χ1v) is 11.5. The van der Waals surface area contributed by atoms with Gasteiger partial charge >= 0.3 is 0 Å². The van der Waals surface area contributed by atoms with E-state index in [-0.39, 0.29) is 10.6 Å². The van der Waals surface area contributed by atoms with Crippen LogP contribution in [0.2, 0.25) is 0 Å². The average molecular weight is 542 g/mol. The van der Waals surface area contributed by atoms with Gasteiger partial charge in [0.05, 0.1) is 9.83 Å². The second-order valence-corrected chi connectivity index (χ2v) is 9.15. The van der Waals surface area contributed by atoms with Gasteiger partial charge in [0.25, 0.3) is 16.8 Å². The molecule has 0 unspecified atom stereocenters. The van der Waals surface area contributed by atoms with E-state index in [1.807, 2.05) is 19.1 Å². The molecule has 9 nitrogen and oxygen atoms in total. The van der Waals surface area contributed by atoms with Gasteiger partial charge in [-0.05, 0) is 64.9 Å². The van der Waals surface area contributed by atoms with Crippen LogP contribution < -0.4 is 5.32 Å². The number of non-ortho nitro benzene ring substituents is 1. The number of carbonyl (C=O) groups is 3. The van der Waals surface area contributed by atoms with Gasteiger partial charge < -0.3 is 9.73 Å². The second-order valence-electron chi connectivity index (χ2n) is 7.31. The van der Waals surface area contributed by atoms with Crippen LogP contribution >= 0.6 is 27.7 Å². The minimum absolute atomic E-state index is 0.0671. The van der Waals surface area contributed by atoms with Gasteiger partial charge in [-0.15, -0.1) is 0 Å². The van der Waals surface area contributed by atoms with Gasteiger partial charge in [0.15, 0.2) is 0 Å². The van der Waals surface area contributed by atoms with Crippen molar-refractivity contribution in [3.05, 3.63) is 85.4 Å². The molecular weight excluding hydrogens is 526 g/mol. The third-order valence-electron chi connectivity index (χ3n) is 4.84. The number of furan rings is 1. The molecule has 172 valence electrons. The van der Waals surface area contributed by atoms with Gasteiger partial charge in [-0.1, -0.05) is 17.7 Å². The minimum atomic E-state index is -0.594. The Kier molecular flexibility index (Phi) is 6.66. The van der Waals surface area contributed by atoms with Crippen LogP contribution in [0.3, 0.4) is 0 Å². The quantitative estimate of drug-likeness (QED) is 0.244. The summed E-state index contributed by atoms with van der Waals surface area (Å²) in [6, 6.07) is 14.7. The fourth-order valence-corrected chi connectivity index (χ4v) is 4.52. The summed E-state index contributed by atoms with van der Waals surface area (Å²) < 4.78 is 6.23. The summed E-state index contributed by atoms with van der Waals surface area (Å²) in [5.74, 6) is -0.348. The van der Waals surface area contributed by atoms with Crippen LogP contribution in [0.4, 0.5) is 16.2 Å². The Bertz CT molecular complexity index is 1350. The van der Waals surface area contributed by atoms with E-state index in [0.29, 0.717) is 39.0 Å². The predicted molar refractivity (Wildman–Crippen MR) is 131 cm³/mol. The van der Waals surface area contributed by atoms with Crippen LogP contribution in [-0.4, -0.2) is 33.4 Å². The number of nitrogens with one attached hydrogen (secondary N) is 1. The summed E-state index contributed by atoms with van der Waals surface area (Å²) in [6.07, 6.45) is 1.42. The highest BCUT2D eigenvalue weighted by molar-refractivity contribution is 9.10. The Hall–Kier alpha value is -3.70. The zero-order valence-electron chi connectivity index (χ0n) is 17.6. The number of aryl methyl sites for hydroxylation is 1. The van der Waals surface area contributed by atoms with E-state index in [1.54, 1.807) is 30.3 Å². The summed E-state index contributed by atoms with van der Waals surface area (Å²) in [7, 11) is 0. The fourth-order valence-electron chi connectivity index (χ4n) is 3.14. The van der Waals surface area contributed by atoms with Crippen LogP contribution in [0.1, 0.15) is 11.3 Å². The van der Waals surface area contributed by atoms with Crippen LogP contribution in [0, 0.1) is 17.0 Å². The van der Waals surface area contributed by atoms with E-state index in [1.165, 1.54) is 18.2 Å². The highest BCUT2D eigenvalue weighted by Gasteiger charge is 2.36. The summed E-state index contributed by atoms with van der Waals surface area (Å²) in [5, 5.41) is 13.0. The number of anilines is 1. The molecule has 1 aliphatic rings. The Morgan fingerprint density at radius 2 is 1.91 bits per heavy atom. The summed E-state index contributed by atoms with van der Waals surface area (Å²) in [5.41, 5.74) is 2.13. The molecule has 11 heteroatoms. The number of benzene rings is 2. The van der Waals surface area contributed by atoms with Gasteiger partial charge in [0.1, 0.15) is 18.1 Å². The molecule has 0 spiro atoms. The molecule has 4 rings (SSSR count). The summed E-state index contributed by atoms with van der Waals surface area (Å²) in [6.45, 7) is 1.51. The molecule has 1 fully saturated rings. The number of thioether (sulfide) groups is 1. The normalized spacial score (nSPS) is 14.6. The molecule has 2 aromatic carbocycles.